The minimum atomic E-state index is -0.127. The molecular weight excluding hydrogens is 380 g/mol. The first-order chi connectivity index (χ1) is 14.6. The lowest BCUT2D eigenvalue weighted by Crippen LogP contribution is -2.61. The van der Waals surface area contributed by atoms with Crippen molar-refractivity contribution in [3.05, 3.63) is 40.4 Å². The van der Waals surface area contributed by atoms with E-state index >= 15 is 0 Å². The van der Waals surface area contributed by atoms with Gasteiger partial charge in [0.05, 0.1) is 10.9 Å². The number of nitrogens with zero attached hydrogens (tertiary/aromatic N) is 3. The summed E-state index contributed by atoms with van der Waals surface area (Å²) in [7, 11) is 0. The molecular formula is C23H28N4O3. The summed E-state index contributed by atoms with van der Waals surface area (Å²) in [6, 6.07) is 7.63. The first-order valence-corrected chi connectivity index (χ1v) is 11.1. The van der Waals surface area contributed by atoms with E-state index < -0.39 is 0 Å². The standard InChI is InChI=1S/C23H28N4O3/c28-21(9-4-8-20-24-18-6-2-1-5-17(18)23(30)25-20)26-12-15-11-16(14-26)19-7-3-10-22(29)27(19)13-15/h1-2,5-6,15-16,19H,3-4,7-14H2,(H,24,25,30)/t15-,16+,19?/m1/s1. The molecule has 4 heterocycles. The second-order valence-corrected chi connectivity index (χ2v) is 9.05. The molecule has 2 aromatic rings. The van der Waals surface area contributed by atoms with Gasteiger partial charge in [-0.1, -0.05) is 12.1 Å². The molecule has 0 aliphatic carbocycles. The van der Waals surface area contributed by atoms with Crippen molar-refractivity contribution in [1.29, 1.82) is 0 Å². The van der Waals surface area contributed by atoms with Crippen LogP contribution in [0.5, 0.6) is 0 Å². The summed E-state index contributed by atoms with van der Waals surface area (Å²) >= 11 is 0. The number of carbonyl (C=O) groups excluding carboxylic acids is 2. The number of piperidine rings is 3. The van der Waals surface area contributed by atoms with E-state index in [4.69, 9.17) is 0 Å². The Morgan fingerprint density at radius 1 is 1.17 bits per heavy atom. The smallest absolute Gasteiger partial charge is 0.258 e. The summed E-state index contributed by atoms with van der Waals surface area (Å²) in [6.07, 6.45) is 5.59. The van der Waals surface area contributed by atoms with Gasteiger partial charge in [0.25, 0.3) is 5.56 Å². The molecule has 1 aromatic heterocycles. The summed E-state index contributed by atoms with van der Waals surface area (Å²) in [4.78, 5) is 48.8. The third kappa shape index (κ3) is 3.61. The molecule has 0 radical (unpaired) electrons. The first kappa shape index (κ1) is 19.3. The lowest BCUT2D eigenvalue weighted by atomic mass is 9.76. The van der Waals surface area contributed by atoms with Crippen molar-refractivity contribution in [3.63, 3.8) is 0 Å². The molecule has 2 bridgehead atoms. The van der Waals surface area contributed by atoms with Crippen LogP contribution in [0.15, 0.2) is 29.1 Å². The second-order valence-electron chi connectivity index (χ2n) is 9.05. The van der Waals surface area contributed by atoms with Crippen LogP contribution in [0.3, 0.4) is 0 Å². The van der Waals surface area contributed by atoms with Gasteiger partial charge < -0.3 is 14.8 Å². The quantitative estimate of drug-likeness (QED) is 0.840. The van der Waals surface area contributed by atoms with Crippen molar-refractivity contribution < 1.29 is 9.59 Å². The molecule has 1 aromatic carbocycles. The Balaban J connectivity index is 1.19. The highest BCUT2D eigenvalue weighted by Crippen LogP contribution is 2.38. The van der Waals surface area contributed by atoms with Gasteiger partial charge in [-0.2, -0.15) is 0 Å². The number of aromatic nitrogens is 2. The number of aryl methyl sites for hydroxylation is 1. The van der Waals surface area contributed by atoms with Gasteiger partial charge in [-0.25, -0.2) is 4.98 Å². The minimum Gasteiger partial charge on any atom is -0.342 e. The molecule has 5 rings (SSSR count). The van der Waals surface area contributed by atoms with Crippen LogP contribution in [0.4, 0.5) is 0 Å². The number of rotatable bonds is 4. The van der Waals surface area contributed by atoms with E-state index in [0.717, 1.165) is 38.9 Å². The lowest BCUT2D eigenvalue weighted by molar-refractivity contribution is -0.148. The Hall–Kier alpha value is -2.70. The molecule has 3 aliphatic heterocycles. The molecule has 3 aliphatic rings. The Morgan fingerprint density at radius 3 is 2.93 bits per heavy atom. The monoisotopic (exact) mass is 408 g/mol. The van der Waals surface area contributed by atoms with Gasteiger partial charge in [0.1, 0.15) is 5.82 Å². The Morgan fingerprint density at radius 2 is 2.03 bits per heavy atom. The highest BCUT2D eigenvalue weighted by atomic mass is 16.2. The Kier molecular flexibility index (Phi) is 5.05. The average molecular weight is 409 g/mol. The molecule has 158 valence electrons. The number of carbonyl (C=O) groups is 2. The molecule has 3 fully saturated rings. The summed E-state index contributed by atoms with van der Waals surface area (Å²) < 4.78 is 0. The predicted molar refractivity (Wildman–Crippen MR) is 113 cm³/mol. The van der Waals surface area contributed by atoms with Crippen molar-refractivity contribution in [1.82, 2.24) is 19.8 Å². The van der Waals surface area contributed by atoms with Crippen LogP contribution in [0.25, 0.3) is 10.9 Å². The number of aromatic amines is 1. The van der Waals surface area contributed by atoms with E-state index in [2.05, 4.69) is 14.9 Å². The summed E-state index contributed by atoms with van der Waals surface area (Å²) in [5.74, 6) is 1.95. The zero-order valence-corrected chi connectivity index (χ0v) is 17.2. The van der Waals surface area contributed by atoms with E-state index in [1.807, 2.05) is 23.1 Å². The number of likely N-dealkylation sites (tertiary alicyclic amines) is 1. The summed E-state index contributed by atoms with van der Waals surface area (Å²) in [5, 5.41) is 0.590. The molecule has 3 atom stereocenters. The number of fused-ring (bicyclic) bond motifs is 5. The fourth-order valence-electron chi connectivity index (χ4n) is 5.63. The van der Waals surface area contributed by atoms with Gasteiger partial charge in [-0.15, -0.1) is 0 Å². The largest absolute Gasteiger partial charge is 0.342 e. The molecule has 7 nitrogen and oxygen atoms in total. The maximum absolute atomic E-state index is 12.9. The third-order valence-corrected chi connectivity index (χ3v) is 7.00. The predicted octanol–water partition coefficient (Wildman–Crippen LogP) is 2.11. The fraction of sp³-hybridized carbons (Fsp3) is 0.565. The van der Waals surface area contributed by atoms with Gasteiger partial charge >= 0.3 is 0 Å². The fourth-order valence-corrected chi connectivity index (χ4v) is 5.63. The molecule has 0 saturated carbocycles. The average Bonchev–Trinajstić information content (AvgIpc) is 2.74. The molecule has 0 spiro atoms. The van der Waals surface area contributed by atoms with E-state index in [1.165, 1.54) is 0 Å². The van der Waals surface area contributed by atoms with Gasteiger partial charge in [-0.05, 0) is 49.7 Å². The Bertz CT molecular complexity index is 1030. The maximum atomic E-state index is 12.9. The van der Waals surface area contributed by atoms with Crippen LogP contribution in [0.1, 0.15) is 44.3 Å². The molecule has 2 amide bonds. The first-order valence-electron chi connectivity index (χ1n) is 11.1. The summed E-state index contributed by atoms with van der Waals surface area (Å²) in [6.45, 7) is 2.34. The number of para-hydroxylation sites is 1. The molecule has 7 heteroatoms. The number of hydrogen-bond acceptors (Lipinski definition) is 4. The van der Waals surface area contributed by atoms with Crippen LogP contribution in [-0.2, 0) is 16.0 Å². The number of benzene rings is 1. The number of hydrogen-bond donors (Lipinski definition) is 1. The van der Waals surface area contributed by atoms with Crippen LogP contribution in [0, 0.1) is 11.8 Å². The van der Waals surface area contributed by atoms with Gasteiger partial charge in [0, 0.05) is 44.9 Å². The lowest BCUT2D eigenvalue weighted by Gasteiger charge is -2.52. The van der Waals surface area contributed by atoms with Crippen LogP contribution in [0.2, 0.25) is 0 Å². The van der Waals surface area contributed by atoms with Gasteiger partial charge in [0.2, 0.25) is 11.8 Å². The zero-order chi connectivity index (χ0) is 20.7. The van der Waals surface area contributed by atoms with Crippen molar-refractivity contribution >= 4 is 22.7 Å². The number of H-pyrrole nitrogens is 1. The third-order valence-electron chi connectivity index (χ3n) is 7.00. The normalized spacial score (nSPS) is 26.0. The topological polar surface area (TPSA) is 86.4 Å². The van der Waals surface area contributed by atoms with Crippen LogP contribution < -0.4 is 5.56 Å². The molecule has 30 heavy (non-hydrogen) atoms. The van der Waals surface area contributed by atoms with E-state index in [0.29, 0.717) is 66.2 Å². The van der Waals surface area contributed by atoms with Crippen molar-refractivity contribution in [2.24, 2.45) is 11.8 Å². The van der Waals surface area contributed by atoms with Crippen LogP contribution in [-0.4, -0.2) is 57.3 Å². The van der Waals surface area contributed by atoms with Gasteiger partial charge in [0.15, 0.2) is 0 Å². The summed E-state index contributed by atoms with van der Waals surface area (Å²) in [5.41, 5.74) is 0.565. The van der Waals surface area contributed by atoms with E-state index in [-0.39, 0.29) is 11.5 Å². The van der Waals surface area contributed by atoms with E-state index in [1.54, 1.807) is 6.07 Å². The molecule has 1 unspecified atom stereocenters. The number of amides is 2. The maximum Gasteiger partial charge on any atom is 0.258 e. The van der Waals surface area contributed by atoms with Crippen LogP contribution >= 0.6 is 0 Å². The highest BCUT2D eigenvalue weighted by molar-refractivity contribution is 5.78. The Labute approximate surface area is 175 Å². The molecule has 3 saturated heterocycles. The highest BCUT2D eigenvalue weighted by Gasteiger charge is 2.44. The minimum absolute atomic E-state index is 0.127. The number of nitrogens with one attached hydrogen (secondary N) is 1. The van der Waals surface area contributed by atoms with Crippen molar-refractivity contribution in [2.75, 3.05) is 19.6 Å². The van der Waals surface area contributed by atoms with Crippen molar-refractivity contribution in [2.45, 2.75) is 51.0 Å². The van der Waals surface area contributed by atoms with Gasteiger partial charge in [-0.3, -0.25) is 14.4 Å². The second kappa shape index (κ2) is 7.85. The SMILES string of the molecule is O=C(CCCc1nc2ccccc2c(=O)[nH]1)N1C[C@H]2C[C@@H](C1)C1CCCC(=O)N1C2. The zero-order valence-electron chi connectivity index (χ0n) is 17.2. The van der Waals surface area contributed by atoms with Crippen molar-refractivity contribution in [3.8, 4) is 0 Å². The van der Waals surface area contributed by atoms with E-state index in [9.17, 15) is 14.4 Å². The molecule has 1 N–H and O–H groups in total.